The molecule has 4 heteroatoms. The fourth-order valence-corrected chi connectivity index (χ4v) is 2.98. The SMILES string of the molecule is CC1(CC2COC3(CCCC3)O2)OCCO1. The Bertz CT molecular complexity index is 254. The van der Waals surface area contributed by atoms with E-state index in [1.807, 2.05) is 6.92 Å². The number of hydrogen-bond acceptors (Lipinski definition) is 4. The highest BCUT2D eigenvalue weighted by molar-refractivity contribution is 4.86. The Hall–Kier alpha value is -0.160. The van der Waals surface area contributed by atoms with Crippen LogP contribution in [0.25, 0.3) is 0 Å². The Morgan fingerprint density at radius 1 is 1.06 bits per heavy atom. The molecule has 1 unspecified atom stereocenters. The van der Waals surface area contributed by atoms with Crippen LogP contribution < -0.4 is 0 Å². The summed E-state index contributed by atoms with van der Waals surface area (Å²) in [5.41, 5.74) is 0. The molecule has 1 spiro atoms. The lowest BCUT2D eigenvalue weighted by molar-refractivity contribution is -0.191. The van der Waals surface area contributed by atoms with Crippen LogP contribution in [-0.4, -0.2) is 37.5 Å². The minimum atomic E-state index is -0.460. The van der Waals surface area contributed by atoms with Crippen molar-refractivity contribution in [1.82, 2.24) is 0 Å². The van der Waals surface area contributed by atoms with Crippen molar-refractivity contribution in [2.45, 2.75) is 56.7 Å². The van der Waals surface area contributed by atoms with Crippen LogP contribution in [0.15, 0.2) is 0 Å². The molecule has 2 aliphatic heterocycles. The van der Waals surface area contributed by atoms with Crippen molar-refractivity contribution in [2.24, 2.45) is 0 Å². The first-order chi connectivity index (χ1) is 7.70. The van der Waals surface area contributed by atoms with Crippen LogP contribution in [0.4, 0.5) is 0 Å². The molecule has 2 heterocycles. The smallest absolute Gasteiger partial charge is 0.168 e. The second-order valence-electron chi connectivity index (χ2n) is 5.20. The fraction of sp³-hybridized carbons (Fsp3) is 1.00. The molecule has 3 fully saturated rings. The van der Waals surface area contributed by atoms with Gasteiger partial charge in [-0.25, -0.2) is 0 Å². The summed E-state index contributed by atoms with van der Waals surface area (Å²) in [5.74, 6) is -0.724. The van der Waals surface area contributed by atoms with Crippen molar-refractivity contribution in [3.05, 3.63) is 0 Å². The average Bonchev–Trinajstić information content (AvgIpc) is 2.93. The first kappa shape index (κ1) is 11.0. The van der Waals surface area contributed by atoms with E-state index < -0.39 is 5.79 Å². The van der Waals surface area contributed by atoms with Crippen LogP contribution >= 0.6 is 0 Å². The van der Waals surface area contributed by atoms with Gasteiger partial charge in [0.1, 0.15) is 0 Å². The van der Waals surface area contributed by atoms with Gasteiger partial charge in [-0.05, 0) is 19.8 Å². The van der Waals surface area contributed by atoms with Crippen molar-refractivity contribution in [3.63, 3.8) is 0 Å². The van der Waals surface area contributed by atoms with Gasteiger partial charge in [-0.15, -0.1) is 0 Å². The van der Waals surface area contributed by atoms with Crippen molar-refractivity contribution in [2.75, 3.05) is 19.8 Å². The molecule has 0 radical (unpaired) electrons. The van der Waals surface area contributed by atoms with E-state index in [-0.39, 0.29) is 11.9 Å². The minimum Gasteiger partial charge on any atom is -0.348 e. The fourth-order valence-electron chi connectivity index (χ4n) is 2.98. The Morgan fingerprint density at radius 2 is 1.75 bits per heavy atom. The van der Waals surface area contributed by atoms with Crippen molar-refractivity contribution in [3.8, 4) is 0 Å². The zero-order valence-corrected chi connectivity index (χ0v) is 9.87. The van der Waals surface area contributed by atoms with E-state index in [9.17, 15) is 0 Å². The number of hydrogen-bond donors (Lipinski definition) is 0. The van der Waals surface area contributed by atoms with Gasteiger partial charge in [0.15, 0.2) is 11.6 Å². The highest BCUT2D eigenvalue weighted by Gasteiger charge is 2.46. The Morgan fingerprint density at radius 3 is 2.44 bits per heavy atom. The predicted molar refractivity (Wildman–Crippen MR) is 57.0 cm³/mol. The molecule has 0 amide bonds. The third-order valence-electron chi connectivity index (χ3n) is 3.78. The summed E-state index contributed by atoms with van der Waals surface area (Å²) in [6.07, 6.45) is 5.42. The molecule has 0 N–H and O–H groups in total. The van der Waals surface area contributed by atoms with Gasteiger partial charge >= 0.3 is 0 Å². The highest BCUT2D eigenvalue weighted by atomic mass is 16.8. The van der Waals surface area contributed by atoms with E-state index in [0.29, 0.717) is 19.8 Å². The first-order valence-electron chi connectivity index (χ1n) is 6.30. The molecule has 3 aliphatic rings. The molecule has 4 nitrogen and oxygen atoms in total. The summed E-state index contributed by atoms with van der Waals surface area (Å²) in [5, 5.41) is 0. The van der Waals surface area contributed by atoms with Gasteiger partial charge in [0.05, 0.1) is 25.9 Å². The zero-order valence-electron chi connectivity index (χ0n) is 9.87. The van der Waals surface area contributed by atoms with Gasteiger partial charge in [0.25, 0.3) is 0 Å². The Kier molecular flexibility index (Phi) is 2.70. The summed E-state index contributed by atoms with van der Waals surface area (Å²) < 4.78 is 23.1. The van der Waals surface area contributed by atoms with Gasteiger partial charge in [-0.3, -0.25) is 0 Å². The van der Waals surface area contributed by atoms with Gasteiger partial charge in [0.2, 0.25) is 0 Å². The molecule has 1 atom stereocenters. The predicted octanol–water partition coefficient (Wildman–Crippen LogP) is 1.83. The van der Waals surface area contributed by atoms with Crippen molar-refractivity contribution >= 4 is 0 Å². The van der Waals surface area contributed by atoms with Crippen LogP contribution in [0.2, 0.25) is 0 Å². The van der Waals surface area contributed by atoms with Gasteiger partial charge in [-0.2, -0.15) is 0 Å². The topological polar surface area (TPSA) is 36.9 Å². The molecule has 0 aromatic rings. The van der Waals surface area contributed by atoms with Crippen LogP contribution in [0, 0.1) is 0 Å². The molecule has 92 valence electrons. The lowest BCUT2D eigenvalue weighted by Gasteiger charge is -2.26. The molecular weight excluding hydrogens is 208 g/mol. The maximum absolute atomic E-state index is 6.05. The summed E-state index contributed by atoms with van der Waals surface area (Å²) in [7, 11) is 0. The van der Waals surface area contributed by atoms with Crippen LogP contribution in [0.1, 0.15) is 39.0 Å². The summed E-state index contributed by atoms with van der Waals surface area (Å²) in [6, 6.07) is 0. The third kappa shape index (κ3) is 1.99. The summed E-state index contributed by atoms with van der Waals surface area (Å²) >= 11 is 0. The largest absolute Gasteiger partial charge is 0.348 e. The Labute approximate surface area is 96.2 Å². The molecule has 2 saturated heterocycles. The second-order valence-corrected chi connectivity index (χ2v) is 5.20. The summed E-state index contributed by atoms with van der Waals surface area (Å²) in [4.78, 5) is 0. The second kappa shape index (κ2) is 3.95. The number of rotatable bonds is 2. The number of ether oxygens (including phenoxy) is 4. The molecule has 0 aromatic heterocycles. The maximum Gasteiger partial charge on any atom is 0.168 e. The first-order valence-corrected chi connectivity index (χ1v) is 6.30. The molecule has 1 aliphatic carbocycles. The lowest BCUT2D eigenvalue weighted by atomic mass is 10.1. The normalized spacial score (nSPS) is 36.2. The maximum atomic E-state index is 6.05. The van der Waals surface area contributed by atoms with Crippen molar-refractivity contribution in [1.29, 1.82) is 0 Å². The van der Waals surface area contributed by atoms with Crippen molar-refractivity contribution < 1.29 is 18.9 Å². The molecule has 0 aromatic carbocycles. The van der Waals surface area contributed by atoms with E-state index >= 15 is 0 Å². The molecular formula is C12H20O4. The standard InChI is InChI=1S/C12H20O4/c1-11(13-6-7-14-11)8-10-9-15-12(16-10)4-2-3-5-12/h10H,2-9H2,1H3. The van der Waals surface area contributed by atoms with E-state index in [1.54, 1.807) is 0 Å². The van der Waals surface area contributed by atoms with E-state index in [0.717, 1.165) is 19.3 Å². The molecule has 1 saturated carbocycles. The van der Waals surface area contributed by atoms with E-state index in [1.165, 1.54) is 12.8 Å². The molecule has 3 rings (SSSR count). The van der Waals surface area contributed by atoms with Gasteiger partial charge < -0.3 is 18.9 Å². The minimum absolute atomic E-state index is 0.126. The molecule has 16 heavy (non-hydrogen) atoms. The highest BCUT2D eigenvalue weighted by Crippen LogP contribution is 2.41. The van der Waals surface area contributed by atoms with Crippen LogP contribution in [0.5, 0.6) is 0 Å². The van der Waals surface area contributed by atoms with Crippen LogP contribution in [0.3, 0.4) is 0 Å². The lowest BCUT2D eigenvalue weighted by Crippen LogP contribution is -2.33. The quantitative estimate of drug-likeness (QED) is 0.722. The summed E-state index contributed by atoms with van der Waals surface area (Å²) in [6.45, 7) is 4.05. The molecule has 0 bridgehead atoms. The van der Waals surface area contributed by atoms with Crippen LogP contribution in [-0.2, 0) is 18.9 Å². The van der Waals surface area contributed by atoms with Gasteiger partial charge in [-0.1, -0.05) is 0 Å². The third-order valence-corrected chi connectivity index (χ3v) is 3.78. The average molecular weight is 228 g/mol. The van der Waals surface area contributed by atoms with Gasteiger partial charge in [0, 0.05) is 19.3 Å². The monoisotopic (exact) mass is 228 g/mol. The zero-order chi connectivity index (χ0) is 11.1. The Balaban J connectivity index is 1.57. The van der Waals surface area contributed by atoms with E-state index in [2.05, 4.69) is 0 Å². The van der Waals surface area contributed by atoms with E-state index in [4.69, 9.17) is 18.9 Å².